The van der Waals surface area contributed by atoms with E-state index < -0.39 is 17.6 Å². The van der Waals surface area contributed by atoms with Crippen LogP contribution in [0, 0.1) is 0 Å². The molecular weight excluding hydrogens is 333 g/mol. The van der Waals surface area contributed by atoms with Gasteiger partial charge in [-0.05, 0) is 30.7 Å². The number of carbonyl (C=O) groups is 1. The molecule has 25 heavy (non-hydrogen) atoms. The molecule has 0 spiro atoms. The second-order valence-electron chi connectivity index (χ2n) is 5.46. The van der Waals surface area contributed by atoms with Crippen LogP contribution in [0.4, 0.5) is 24.8 Å². The third kappa shape index (κ3) is 5.74. The fourth-order valence-electron chi connectivity index (χ4n) is 2.06. The predicted molar refractivity (Wildman–Crippen MR) is 89.4 cm³/mol. The highest BCUT2D eigenvalue weighted by Crippen LogP contribution is 2.29. The maximum absolute atomic E-state index is 12.5. The molecule has 0 atom stereocenters. The molecule has 0 saturated carbocycles. The number of nitrogens with one attached hydrogen (secondary N) is 2. The molecule has 0 aliphatic carbocycles. The fourth-order valence-corrected chi connectivity index (χ4v) is 2.06. The van der Waals surface area contributed by atoms with E-state index in [0.29, 0.717) is 5.95 Å². The Kier molecular flexibility index (Phi) is 6.32. The number of amides is 1. The number of rotatable bonds is 7. The molecule has 8 heteroatoms. The molecule has 2 rings (SSSR count). The molecule has 1 aromatic heterocycles. The molecule has 0 radical (unpaired) electrons. The Morgan fingerprint density at radius 1 is 1.08 bits per heavy atom. The minimum atomic E-state index is -4.41. The number of unbranched alkanes of at least 4 members (excludes halogenated alkanes) is 2. The van der Waals surface area contributed by atoms with Gasteiger partial charge in [0.1, 0.15) is 0 Å². The summed E-state index contributed by atoms with van der Waals surface area (Å²) in [5.41, 5.74) is -0.286. The first-order valence-corrected chi connectivity index (χ1v) is 7.94. The zero-order valence-electron chi connectivity index (χ0n) is 13.7. The van der Waals surface area contributed by atoms with Crippen LogP contribution in [-0.4, -0.2) is 22.4 Å². The van der Waals surface area contributed by atoms with E-state index in [2.05, 4.69) is 27.5 Å². The number of halogens is 3. The highest BCUT2D eigenvalue weighted by Gasteiger charge is 2.29. The van der Waals surface area contributed by atoms with Crippen molar-refractivity contribution in [3.05, 3.63) is 47.8 Å². The third-order valence-electron chi connectivity index (χ3n) is 3.45. The summed E-state index contributed by atoms with van der Waals surface area (Å²) < 4.78 is 37.5. The van der Waals surface area contributed by atoms with E-state index in [9.17, 15) is 18.0 Å². The Morgan fingerprint density at radius 2 is 1.72 bits per heavy atom. The quantitative estimate of drug-likeness (QED) is 0.727. The number of nitrogens with zero attached hydrogens (tertiary/aromatic N) is 2. The van der Waals surface area contributed by atoms with Crippen molar-refractivity contribution in [2.45, 2.75) is 32.4 Å². The minimum absolute atomic E-state index is 0.221. The Bertz CT molecular complexity index is 685. The van der Waals surface area contributed by atoms with Crippen molar-refractivity contribution in [2.24, 2.45) is 0 Å². The van der Waals surface area contributed by atoms with Crippen molar-refractivity contribution < 1.29 is 18.0 Å². The number of anilines is 2. The van der Waals surface area contributed by atoms with Gasteiger partial charge in [-0.15, -0.1) is 0 Å². The summed E-state index contributed by atoms with van der Waals surface area (Å²) in [5.74, 6) is -0.0560. The summed E-state index contributed by atoms with van der Waals surface area (Å²) in [6.45, 7) is 2.87. The van der Waals surface area contributed by atoms with Crippen molar-refractivity contribution >= 4 is 17.5 Å². The van der Waals surface area contributed by atoms with Crippen molar-refractivity contribution in [3.8, 4) is 0 Å². The fraction of sp³-hybridized carbons (Fsp3) is 0.353. The van der Waals surface area contributed by atoms with E-state index in [0.717, 1.165) is 37.9 Å². The maximum atomic E-state index is 12.5. The van der Waals surface area contributed by atoms with E-state index in [1.54, 1.807) is 0 Å². The van der Waals surface area contributed by atoms with E-state index in [1.807, 2.05) is 0 Å². The first kappa shape index (κ1) is 18.7. The van der Waals surface area contributed by atoms with Gasteiger partial charge in [-0.2, -0.15) is 13.2 Å². The smallest absolute Gasteiger partial charge is 0.354 e. The zero-order valence-corrected chi connectivity index (χ0v) is 13.7. The molecule has 0 unspecified atom stereocenters. The lowest BCUT2D eigenvalue weighted by Gasteiger charge is -2.09. The highest BCUT2D eigenvalue weighted by molar-refractivity contribution is 6.03. The largest absolute Gasteiger partial charge is 0.416 e. The van der Waals surface area contributed by atoms with Crippen LogP contribution in [-0.2, 0) is 6.18 Å². The van der Waals surface area contributed by atoms with Crippen LogP contribution in [0.3, 0.4) is 0 Å². The lowest BCUT2D eigenvalue weighted by atomic mass is 10.2. The van der Waals surface area contributed by atoms with E-state index in [1.165, 1.54) is 24.5 Å². The summed E-state index contributed by atoms with van der Waals surface area (Å²) in [6, 6.07) is 4.22. The molecule has 0 aliphatic rings. The van der Waals surface area contributed by atoms with Crippen LogP contribution < -0.4 is 10.6 Å². The minimum Gasteiger partial charge on any atom is -0.354 e. The molecular formula is C17H19F3N4O. The Balaban J connectivity index is 1.92. The van der Waals surface area contributed by atoms with E-state index in [-0.39, 0.29) is 11.3 Å². The lowest BCUT2D eigenvalue weighted by Crippen LogP contribution is -2.14. The molecule has 0 aliphatic heterocycles. The zero-order chi connectivity index (χ0) is 18.3. The average molecular weight is 352 g/mol. The van der Waals surface area contributed by atoms with Gasteiger partial charge in [0.05, 0.1) is 11.1 Å². The van der Waals surface area contributed by atoms with Gasteiger partial charge in [0, 0.05) is 24.6 Å². The summed E-state index contributed by atoms with van der Waals surface area (Å²) >= 11 is 0. The third-order valence-corrected chi connectivity index (χ3v) is 3.45. The number of alkyl halides is 3. The van der Waals surface area contributed by atoms with Crippen LogP contribution >= 0.6 is 0 Å². The van der Waals surface area contributed by atoms with Gasteiger partial charge in [0.25, 0.3) is 5.91 Å². The normalized spacial score (nSPS) is 11.2. The number of benzene rings is 1. The maximum Gasteiger partial charge on any atom is 0.416 e. The molecule has 134 valence electrons. The SMILES string of the molecule is CCCCCNc1ncc(C(=O)Nc2ccc(C(F)(F)F)cc2)cn1. The van der Waals surface area contributed by atoms with Crippen molar-refractivity contribution in [1.82, 2.24) is 9.97 Å². The van der Waals surface area contributed by atoms with Gasteiger partial charge in [-0.25, -0.2) is 9.97 Å². The van der Waals surface area contributed by atoms with Crippen molar-refractivity contribution in [3.63, 3.8) is 0 Å². The van der Waals surface area contributed by atoms with Crippen LogP contribution in [0.15, 0.2) is 36.7 Å². The number of carbonyl (C=O) groups excluding carboxylic acids is 1. The Labute approximate surface area is 143 Å². The summed E-state index contributed by atoms with van der Waals surface area (Å²) in [5, 5.41) is 5.56. The van der Waals surface area contributed by atoms with Gasteiger partial charge in [-0.1, -0.05) is 19.8 Å². The molecule has 2 aromatic rings. The first-order chi connectivity index (χ1) is 11.9. The molecule has 1 aromatic carbocycles. The summed E-state index contributed by atoms with van der Waals surface area (Å²) in [7, 11) is 0. The highest BCUT2D eigenvalue weighted by atomic mass is 19.4. The van der Waals surface area contributed by atoms with Gasteiger partial charge < -0.3 is 10.6 Å². The monoisotopic (exact) mass is 352 g/mol. The number of hydrogen-bond donors (Lipinski definition) is 2. The van der Waals surface area contributed by atoms with Gasteiger partial charge in [0.15, 0.2) is 0 Å². The standard InChI is InChI=1S/C17H19F3N4O/c1-2-3-4-9-21-16-22-10-12(11-23-16)15(25)24-14-7-5-13(6-8-14)17(18,19)20/h5-8,10-11H,2-4,9H2,1H3,(H,24,25)(H,21,22,23). The summed E-state index contributed by atoms with van der Waals surface area (Å²) in [4.78, 5) is 20.2. The molecule has 1 heterocycles. The molecule has 5 nitrogen and oxygen atoms in total. The molecule has 1 amide bonds. The molecule has 0 fully saturated rings. The predicted octanol–water partition coefficient (Wildman–Crippen LogP) is 4.35. The van der Waals surface area contributed by atoms with Crippen molar-refractivity contribution in [1.29, 1.82) is 0 Å². The lowest BCUT2D eigenvalue weighted by molar-refractivity contribution is -0.137. The van der Waals surface area contributed by atoms with Crippen LogP contribution in [0.2, 0.25) is 0 Å². The van der Waals surface area contributed by atoms with Crippen molar-refractivity contribution in [2.75, 3.05) is 17.2 Å². The van der Waals surface area contributed by atoms with E-state index >= 15 is 0 Å². The molecule has 0 bridgehead atoms. The van der Waals surface area contributed by atoms with Gasteiger partial charge >= 0.3 is 6.18 Å². The summed E-state index contributed by atoms with van der Waals surface area (Å²) in [6.07, 6.45) is 1.57. The average Bonchev–Trinajstić information content (AvgIpc) is 2.59. The van der Waals surface area contributed by atoms with Crippen LogP contribution in [0.5, 0.6) is 0 Å². The Morgan fingerprint density at radius 3 is 2.28 bits per heavy atom. The van der Waals surface area contributed by atoms with Crippen LogP contribution in [0.25, 0.3) is 0 Å². The van der Waals surface area contributed by atoms with Gasteiger partial charge in [0.2, 0.25) is 5.95 Å². The second kappa shape index (κ2) is 8.46. The first-order valence-electron chi connectivity index (χ1n) is 7.94. The topological polar surface area (TPSA) is 66.9 Å². The van der Waals surface area contributed by atoms with E-state index in [4.69, 9.17) is 0 Å². The molecule has 0 saturated heterocycles. The van der Waals surface area contributed by atoms with Gasteiger partial charge in [-0.3, -0.25) is 4.79 Å². The Hall–Kier alpha value is -2.64. The number of hydrogen-bond acceptors (Lipinski definition) is 4. The van der Waals surface area contributed by atoms with Crippen LogP contribution in [0.1, 0.15) is 42.1 Å². The second-order valence-corrected chi connectivity index (χ2v) is 5.46. The number of aromatic nitrogens is 2. The molecule has 2 N–H and O–H groups in total.